The van der Waals surface area contributed by atoms with Gasteiger partial charge in [0.05, 0.1) is 5.69 Å². The minimum atomic E-state index is -4.56. The van der Waals surface area contributed by atoms with Crippen LogP contribution >= 0.6 is 0 Å². The van der Waals surface area contributed by atoms with Crippen molar-refractivity contribution < 1.29 is 13.2 Å². The molecule has 0 bridgehead atoms. The van der Waals surface area contributed by atoms with Crippen molar-refractivity contribution in [2.24, 2.45) is 7.05 Å². The Kier molecular flexibility index (Phi) is 3.51. The van der Waals surface area contributed by atoms with Gasteiger partial charge in [-0.1, -0.05) is 0 Å². The molecule has 0 aliphatic heterocycles. The minimum Gasteiger partial charge on any atom is -0.368 e. The third kappa shape index (κ3) is 3.16. The molecule has 2 aromatic heterocycles. The molecular weight excluding hydrogens is 273 g/mol. The fourth-order valence-corrected chi connectivity index (χ4v) is 1.71. The zero-order valence-corrected chi connectivity index (χ0v) is 10.9. The van der Waals surface area contributed by atoms with Gasteiger partial charge < -0.3 is 11.1 Å². The van der Waals surface area contributed by atoms with Crippen molar-refractivity contribution in [3.05, 3.63) is 29.2 Å². The number of rotatable bonds is 3. The summed E-state index contributed by atoms with van der Waals surface area (Å²) in [4.78, 5) is 6.89. The number of hydrogen-bond donors (Lipinski definition) is 2. The van der Waals surface area contributed by atoms with Crippen LogP contribution in [0.2, 0.25) is 0 Å². The first-order valence-corrected chi connectivity index (χ1v) is 5.70. The number of hydrogen-bond acceptors (Lipinski definition) is 5. The first-order chi connectivity index (χ1) is 9.25. The molecule has 6 nitrogen and oxygen atoms in total. The highest BCUT2D eigenvalue weighted by Gasteiger charge is 2.33. The molecule has 0 aliphatic rings. The van der Waals surface area contributed by atoms with Gasteiger partial charge in [-0.05, 0) is 6.92 Å². The molecule has 0 unspecified atom stereocenters. The summed E-state index contributed by atoms with van der Waals surface area (Å²) in [6.45, 7) is 2.11. The van der Waals surface area contributed by atoms with Crippen LogP contribution in [0.15, 0.2) is 12.3 Å². The van der Waals surface area contributed by atoms with Crippen LogP contribution in [-0.4, -0.2) is 19.7 Å². The van der Waals surface area contributed by atoms with Gasteiger partial charge in [-0.3, -0.25) is 4.68 Å². The van der Waals surface area contributed by atoms with Crippen molar-refractivity contribution in [3.63, 3.8) is 0 Å². The summed E-state index contributed by atoms with van der Waals surface area (Å²) >= 11 is 0. The normalized spacial score (nSPS) is 11.7. The van der Waals surface area contributed by atoms with E-state index in [-0.39, 0.29) is 5.82 Å². The van der Waals surface area contributed by atoms with E-state index in [1.807, 2.05) is 6.92 Å². The van der Waals surface area contributed by atoms with Crippen molar-refractivity contribution in [2.45, 2.75) is 19.6 Å². The van der Waals surface area contributed by atoms with Gasteiger partial charge in [0.1, 0.15) is 5.82 Å². The van der Waals surface area contributed by atoms with Crippen LogP contribution in [0.5, 0.6) is 0 Å². The number of nitrogens with zero attached hydrogens (tertiary/aromatic N) is 4. The highest BCUT2D eigenvalue weighted by molar-refractivity contribution is 5.42. The molecule has 20 heavy (non-hydrogen) atoms. The Morgan fingerprint density at radius 3 is 2.60 bits per heavy atom. The summed E-state index contributed by atoms with van der Waals surface area (Å²) in [6.07, 6.45) is -2.78. The van der Waals surface area contributed by atoms with Crippen LogP contribution in [0.4, 0.5) is 24.9 Å². The smallest absolute Gasteiger partial charge is 0.368 e. The summed E-state index contributed by atoms with van der Waals surface area (Å²) in [5.74, 6) is -0.404. The number of alkyl halides is 3. The second-order valence-electron chi connectivity index (χ2n) is 4.26. The van der Waals surface area contributed by atoms with E-state index in [9.17, 15) is 13.2 Å². The van der Waals surface area contributed by atoms with E-state index >= 15 is 0 Å². The van der Waals surface area contributed by atoms with Gasteiger partial charge in [-0.25, -0.2) is 4.98 Å². The van der Waals surface area contributed by atoms with Gasteiger partial charge >= 0.3 is 6.18 Å². The molecule has 0 atom stereocenters. The van der Waals surface area contributed by atoms with Crippen LogP contribution in [-0.2, 0) is 19.8 Å². The molecule has 0 saturated carbocycles. The summed E-state index contributed by atoms with van der Waals surface area (Å²) < 4.78 is 39.4. The molecule has 3 N–H and O–H groups in total. The molecule has 0 amide bonds. The number of halogens is 3. The Labute approximate surface area is 112 Å². The van der Waals surface area contributed by atoms with Crippen molar-refractivity contribution in [1.29, 1.82) is 0 Å². The summed E-state index contributed by atoms with van der Waals surface area (Å²) in [5.41, 5.74) is 5.86. The lowest BCUT2D eigenvalue weighted by Crippen LogP contribution is -2.13. The SMILES string of the molecule is Cc1nn(C)cc1CNc1cc(C(F)(F)F)nc(N)n1. The van der Waals surface area contributed by atoms with Gasteiger partial charge in [-0.2, -0.15) is 23.3 Å². The molecule has 2 rings (SSSR count). The maximum atomic E-state index is 12.6. The maximum absolute atomic E-state index is 12.6. The molecule has 0 spiro atoms. The fourth-order valence-electron chi connectivity index (χ4n) is 1.71. The number of nitrogens with two attached hydrogens (primary N) is 1. The quantitative estimate of drug-likeness (QED) is 0.898. The van der Waals surface area contributed by atoms with Gasteiger partial charge in [0.15, 0.2) is 5.69 Å². The second kappa shape index (κ2) is 4.99. The number of aryl methyl sites for hydroxylation is 2. The average Bonchev–Trinajstić information content (AvgIpc) is 2.63. The molecule has 0 radical (unpaired) electrons. The third-order valence-electron chi connectivity index (χ3n) is 2.61. The van der Waals surface area contributed by atoms with E-state index in [0.717, 1.165) is 17.3 Å². The topological polar surface area (TPSA) is 81.7 Å². The van der Waals surface area contributed by atoms with Crippen LogP contribution in [0.1, 0.15) is 17.0 Å². The predicted molar refractivity (Wildman–Crippen MR) is 66.7 cm³/mol. The van der Waals surface area contributed by atoms with Gasteiger partial charge in [0.25, 0.3) is 0 Å². The highest BCUT2D eigenvalue weighted by Crippen LogP contribution is 2.29. The van der Waals surface area contributed by atoms with Crippen LogP contribution in [0.25, 0.3) is 0 Å². The molecular formula is C11H13F3N6. The second-order valence-corrected chi connectivity index (χ2v) is 4.26. The standard InChI is InChI=1S/C11H13F3N6/c1-6-7(5-20(2)19-6)4-16-9-3-8(11(12,13)14)17-10(15)18-9/h3,5H,4H2,1-2H3,(H3,15,16,17,18). The molecule has 0 fully saturated rings. The Balaban J connectivity index is 2.18. The largest absolute Gasteiger partial charge is 0.433 e. The molecule has 0 aromatic carbocycles. The van der Waals surface area contributed by atoms with Crippen LogP contribution in [0.3, 0.4) is 0 Å². The molecule has 2 heterocycles. The highest BCUT2D eigenvalue weighted by atomic mass is 19.4. The number of nitrogens with one attached hydrogen (secondary N) is 1. The Morgan fingerprint density at radius 2 is 2.05 bits per heavy atom. The third-order valence-corrected chi connectivity index (χ3v) is 2.61. The van der Waals surface area contributed by atoms with Gasteiger partial charge in [0, 0.05) is 31.4 Å². The Hall–Kier alpha value is -2.32. The van der Waals surface area contributed by atoms with Crippen LogP contribution < -0.4 is 11.1 Å². The lowest BCUT2D eigenvalue weighted by Gasteiger charge is -2.10. The number of nitrogen functional groups attached to an aromatic ring is 1. The first kappa shape index (κ1) is 14.1. The van der Waals surface area contributed by atoms with Crippen molar-refractivity contribution in [3.8, 4) is 0 Å². The molecule has 2 aromatic rings. The lowest BCUT2D eigenvalue weighted by atomic mass is 10.2. The average molecular weight is 286 g/mol. The minimum absolute atomic E-state index is 0.0214. The predicted octanol–water partition coefficient (Wildman–Crippen LogP) is 1.73. The molecule has 108 valence electrons. The number of anilines is 2. The molecule has 0 saturated heterocycles. The zero-order chi connectivity index (χ0) is 14.9. The van der Waals surface area contributed by atoms with Gasteiger partial charge in [-0.15, -0.1) is 0 Å². The van der Waals surface area contributed by atoms with Crippen molar-refractivity contribution in [1.82, 2.24) is 19.7 Å². The number of aromatic nitrogens is 4. The monoisotopic (exact) mass is 286 g/mol. The fraction of sp³-hybridized carbons (Fsp3) is 0.364. The summed E-state index contributed by atoms with van der Waals surface area (Å²) in [5, 5.41) is 6.92. The Bertz CT molecular complexity index is 619. The lowest BCUT2D eigenvalue weighted by molar-refractivity contribution is -0.141. The van der Waals surface area contributed by atoms with Crippen LogP contribution in [0, 0.1) is 6.92 Å². The van der Waals surface area contributed by atoms with E-state index in [2.05, 4.69) is 20.4 Å². The summed E-state index contributed by atoms with van der Waals surface area (Å²) in [6, 6.07) is 0.821. The van der Waals surface area contributed by atoms with E-state index in [1.165, 1.54) is 0 Å². The first-order valence-electron chi connectivity index (χ1n) is 5.70. The molecule has 0 aliphatic carbocycles. The van der Waals surface area contributed by atoms with E-state index in [1.54, 1.807) is 17.9 Å². The van der Waals surface area contributed by atoms with E-state index in [4.69, 9.17) is 5.73 Å². The maximum Gasteiger partial charge on any atom is 0.433 e. The summed E-state index contributed by atoms with van der Waals surface area (Å²) in [7, 11) is 1.76. The van der Waals surface area contributed by atoms with E-state index in [0.29, 0.717) is 6.54 Å². The van der Waals surface area contributed by atoms with Gasteiger partial charge in [0.2, 0.25) is 5.95 Å². The van der Waals surface area contributed by atoms with E-state index < -0.39 is 17.8 Å². The molecule has 9 heteroatoms. The zero-order valence-electron chi connectivity index (χ0n) is 10.9. The van der Waals surface area contributed by atoms with Crippen molar-refractivity contribution >= 4 is 11.8 Å². The Morgan fingerprint density at radius 1 is 1.35 bits per heavy atom. The van der Waals surface area contributed by atoms with Crippen molar-refractivity contribution in [2.75, 3.05) is 11.1 Å².